The molecule has 0 bridgehead atoms. The first-order chi connectivity index (χ1) is 8.84. The van der Waals surface area contributed by atoms with Crippen molar-refractivity contribution in [2.75, 3.05) is 18.0 Å². The molecule has 1 aliphatic carbocycles. The number of nitrogens with two attached hydrogens (primary N) is 1. The summed E-state index contributed by atoms with van der Waals surface area (Å²) in [5, 5.41) is 0. The predicted octanol–water partition coefficient (Wildman–Crippen LogP) is 3.48. The van der Waals surface area contributed by atoms with Gasteiger partial charge in [0, 0.05) is 24.8 Å². The Labute approximate surface area is 110 Å². The monoisotopic (exact) mass is 244 g/mol. The van der Waals surface area contributed by atoms with Gasteiger partial charge in [0.25, 0.3) is 0 Å². The third-order valence-corrected chi connectivity index (χ3v) is 4.67. The summed E-state index contributed by atoms with van der Waals surface area (Å²) in [6, 6.07) is 8.92. The van der Waals surface area contributed by atoms with E-state index in [1.807, 2.05) is 0 Å². The second-order valence-corrected chi connectivity index (χ2v) is 5.88. The molecule has 0 amide bonds. The molecule has 1 heterocycles. The van der Waals surface area contributed by atoms with E-state index in [1.165, 1.54) is 49.9 Å². The first-order valence-corrected chi connectivity index (χ1v) is 7.44. The van der Waals surface area contributed by atoms with Gasteiger partial charge in [-0.2, -0.15) is 0 Å². The van der Waals surface area contributed by atoms with E-state index in [4.69, 9.17) is 5.73 Å². The van der Waals surface area contributed by atoms with Gasteiger partial charge in [0.15, 0.2) is 0 Å². The quantitative estimate of drug-likeness (QED) is 0.882. The summed E-state index contributed by atoms with van der Waals surface area (Å²) >= 11 is 0. The molecule has 2 nitrogen and oxygen atoms in total. The Morgan fingerprint density at radius 3 is 2.72 bits per heavy atom. The molecule has 0 saturated heterocycles. The van der Waals surface area contributed by atoms with Gasteiger partial charge >= 0.3 is 0 Å². The number of hydrogen-bond acceptors (Lipinski definition) is 2. The SMILES string of the molecule is NC1CCN(CCC2CCCC2)c2ccccc21. The number of rotatable bonds is 3. The number of fused-ring (bicyclic) bond motifs is 1. The van der Waals surface area contributed by atoms with Crippen molar-refractivity contribution in [1.82, 2.24) is 0 Å². The molecule has 1 fully saturated rings. The minimum absolute atomic E-state index is 0.240. The van der Waals surface area contributed by atoms with E-state index in [2.05, 4.69) is 29.2 Å². The van der Waals surface area contributed by atoms with Crippen molar-refractivity contribution in [3.63, 3.8) is 0 Å². The summed E-state index contributed by atoms with van der Waals surface area (Å²) in [6.07, 6.45) is 8.27. The van der Waals surface area contributed by atoms with Crippen LogP contribution in [0, 0.1) is 5.92 Å². The minimum atomic E-state index is 0.240. The lowest BCUT2D eigenvalue weighted by Crippen LogP contribution is -2.34. The highest BCUT2D eigenvalue weighted by molar-refractivity contribution is 5.56. The Hall–Kier alpha value is -1.02. The van der Waals surface area contributed by atoms with Crippen molar-refractivity contribution < 1.29 is 0 Å². The van der Waals surface area contributed by atoms with E-state index >= 15 is 0 Å². The van der Waals surface area contributed by atoms with Crippen LogP contribution >= 0.6 is 0 Å². The summed E-state index contributed by atoms with van der Waals surface area (Å²) < 4.78 is 0. The predicted molar refractivity (Wildman–Crippen MR) is 76.8 cm³/mol. The van der Waals surface area contributed by atoms with Crippen LogP contribution in [0.4, 0.5) is 5.69 Å². The summed E-state index contributed by atoms with van der Waals surface area (Å²) in [7, 11) is 0. The van der Waals surface area contributed by atoms with Gasteiger partial charge in [0.2, 0.25) is 0 Å². The third-order valence-electron chi connectivity index (χ3n) is 4.67. The van der Waals surface area contributed by atoms with Gasteiger partial charge in [-0.15, -0.1) is 0 Å². The van der Waals surface area contributed by atoms with Crippen molar-refractivity contribution in [3.05, 3.63) is 29.8 Å². The molecule has 1 aliphatic heterocycles. The van der Waals surface area contributed by atoms with Gasteiger partial charge in [0.1, 0.15) is 0 Å². The average Bonchev–Trinajstić information content (AvgIpc) is 2.92. The molecular weight excluding hydrogens is 220 g/mol. The maximum absolute atomic E-state index is 6.20. The lowest BCUT2D eigenvalue weighted by Gasteiger charge is -2.35. The summed E-state index contributed by atoms with van der Waals surface area (Å²) in [5.74, 6) is 0.979. The van der Waals surface area contributed by atoms with Crippen LogP contribution in [0.3, 0.4) is 0 Å². The highest BCUT2D eigenvalue weighted by Crippen LogP contribution is 2.34. The molecule has 2 heteroatoms. The van der Waals surface area contributed by atoms with Gasteiger partial charge in [-0.25, -0.2) is 0 Å². The second kappa shape index (κ2) is 5.31. The molecule has 18 heavy (non-hydrogen) atoms. The smallest absolute Gasteiger partial charge is 0.0414 e. The fraction of sp³-hybridized carbons (Fsp3) is 0.625. The second-order valence-electron chi connectivity index (χ2n) is 5.88. The maximum atomic E-state index is 6.20. The fourth-order valence-corrected chi connectivity index (χ4v) is 3.53. The molecule has 2 aliphatic rings. The molecule has 2 N–H and O–H groups in total. The number of nitrogens with zero attached hydrogens (tertiary/aromatic N) is 1. The van der Waals surface area contributed by atoms with Gasteiger partial charge in [-0.1, -0.05) is 43.9 Å². The van der Waals surface area contributed by atoms with Gasteiger partial charge < -0.3 is 10.6 Å². The van der Waals surface area contributed by atoms with Crippen molar-refractivity contribution >= 4 is 5.69 Å². The molecule has 98 valence electrons. The normalized spacial score (nSPS) is 24.3. The zero-order valence-electron chi connectivity index (χ0n) is 11.1. The van der Waals surface area contributed by atoms with Crippen molar-refractivity contribution in [2.45, 2.75) is 44.6 Å². The van der Waals surface area contributed by atoms with Crippen LogP contribution in [-0.2, 0) is 0 Å². The summed E-state index contributed by atoms with van der Waals surface area (Å²) in [6.45, 7) is 2.35. The third kappa shape index (κ3) is 2.39. The standard InChI is InChI=1S/C16H24N2/c17-15-10-12-18(11-9-13-5-1-2-6-13)16-8-4-3-7-14(15)16/h3-4,7-8,13,15H,1-2,5-6,9-12,17H2. The molecule has 1 aromatic carbocycles. The first-order valence-electron chi connectivity index (χ1n) is 7.44. The number of para-hydroxylation sites is 1. The lowest BCUT2D eigenvalue weighted by molar-refractivity contribution is 0.486. The number of hydrogen-bond donors (Lipinski definition) is 1. The molecule has 1 atom stereocenters. The van der Waals surface area contributed by atoms with Gasteiger partial charge in [-0.05, 0) is 30.4 Å². The molecule has 0 spiro atoms. The van der Waals surface area contributed by atoms with E-state index in [0.29, 0.717) is 0 Å². The molecule has 3 rings (SSSR count). The van der Waals surface area contributed by atoms with Crippen molar-refractivity contribution in [1.29, 1.82) is 0 Å². The van der Waals surface area contributed by atoms with E-state index in [9.17, 15) is 0 Å². The minimum Gasteiger partial charge on any atom is -0.371 e. The first kappa shape index (κ1) is 12.0. The number of benzene rings is 1. The van der Waals surface area contributed by atoms with E-state index < -0.39 is 0 Å². The Morgan fingerprint density at radius 1 is 1.11 bits per heavy atom. The Kier molecular flexibility index (Phi) is 3.55. The van der Waals surface area contributed by atoms with E-state index in [1.54, 1.807) is 0 Å². The van der Waals surface area contributed by atoms with Crippen LogP contribution in [0.2, 0.25) is 0 Å². The van der Waals surface area contributed by atoms with Gasteiger partial charge in [-0.3, -0.25) is 0 Å². The molecule has 1 unspecified atom stereocenters. The van der Waals surface area contributed by atoms with Crippen LogP contribution < -0.4 is 10.6 Å². The van der Waals surface area contributed by atoms with Crippen molar-refractivity contribution in [2.24, 2.45) is 11.7 Å². The van der Waals surface area contributed by atoms with Crippen LogP contribution in [0.1, 0.15) is 50.1 Å². The van der Waals surface area contributed by atoms with Crippen LogP contribution in [0.5, 0.6) is 0 Å². The lowest BCUT2D eigenvalue weighted by atomic mass is 9.96. The van der Waals surface area contributed by atoms with Crippen LogP contribution in [0.15, 0.2) is 24.3 Å². The van der Waals surface area contributed by atoms with Crippen LogP contribution in [-0.4, -0.2) is 13.1 Å². The zero-order valence-corrected chi connectivity index (χ0v) is 11.1. The Balaban J connectivity index is 1.68. The largest absolute Gasteiger partial charge is 0.371 e. The Morgan fingerprint density at radius 2 is 1.89 bits per heavy atom. The molecular formula is C16H24N2. The molecule has 1 aromatic rings. The highest BCUT2D eigenvalue weighted by atomic mass is 15.1. The summed E-state index contributed by atoms with van der Waals surface area (Å²) in [5.41, 5.74) is 8.93. The van der Waals surface area contributed by atoms with E-state index in [0.717, 1.165) is 18.9 Å². The average molecular weight is 244 g/mol. The van der Waals surface area contributed by atoms with Crippen LogP contribution in [0.25, 0.3) is 0 Å². The molecule has 1 saturated carbocycles. The topological polar surface area (TPSA) is 29.3 Å². The number of anilines is 1. The highest BCUT2D eigenvalue weighted by Gasteiger charge is 2.23. The molecule has 0 aromatic heterocycles. The Bertz CT molecular complexity index is 396. The van der Waals surface area contributed by atoms with E-state index in [-0.39, 0.29) is 6.04 Å². The van der Waals surface area contributed by atoms with Gasteiger partial charge in [0.05, 0.1) is 0 Å². The molecule has 0 radical (unpaired) electrons. The zero-order chi connectivity index (χ0) is 12.4. The summed E-state index contributed by atoms with van der Waals surface area (Å²) in [4.78, 5) is 2.55. The van der Waals surface area contributed by atoms with Crippen molar-refractivity contribution in [3.8, 4) is 0 Å². The fourth-order valence-electron chi connectivity index (χ4n) is 3.53. The maximum Gasteiger partial charge on any atom is 0.0414 e.